The zero-order valence-corrected chi connectivity index (χ0v) is 23.6. The summed E-state index contributed by atoms with van der Waals surface area (Å²) in [6.45, 7) is 2.13. The zero-order valence-electron chi connectivity index (χ0n) is 22.1. The van der Waals surface area contributed by atoms with Crippen LogP contribution >= 0.6 is 15.9 Å². The number of benzene rings is 2. The lowest BCUT2D eigenvalue weighted by Crippen LogP contribution is -2.45. The number of carboxylic acid groups (broad SMARTS) is 1. The molecule has 0 spiro atoms. The summed E-state index contributed by atoms with van der Waals surface area (Å²) in [5.41, 5.74) is 2.66. The van der Waals surface area contributed by atoms with Crippen molar-refractivity contribution >= 4 is 33.8 Å². The Hall–Kier alpha value is -3.46. The van der Waals surface area contributed by atoms with Crippen LogP contribution in [0.15, 0.2) is 59.2 Å². The summed E-state index contributed by atoms with van der Waals surface area (Å²) < 4.78 is 6.46. The number of nitrogens with zero attached hydrogens (tertiary/aromatic N) is 4. The lowest BCUT2D eigenvalue weighted by atomic mass is 9.98. The van der Waals surface area contributed by atoms with E-state index in [1.165, 1.54) is 6.20 Å². The maximum atomic E-state index is 13.5. The molecule has 0 saturated carbocycles. The number of aryl methyl sites for hydroxylation is 2. The Morgan fingerprint density at radius 1 is 1.10 bits per heavy atom. The fourth-order valence-corrected chi connectivity index (χ4v) is 6.26. The van der Waals surface area contributed by atoms with Gasteiger partial charge in [0, 0.05) is 35.9 Å². The molecule has 1 amide bonds. The van der Waals surface area contributed by atoms with Gasteiger partial charge in [-0.2, -0.15) is 0 Å². The molecule has 0 aliphatic carbocycles. The molecule has 0 radical (unpaired) electrons. The van der Waals surface area contributed by atoms with E-state index in [2.05, 4.69) is 25.8 Å². The lowest BCUT2D eigenvalue weighted by Gasteiger charge is -2.30. The second kappa shape index (κ2) is 12.2. The molecule has 8 nitrogen and oxygen atoms in total. The smallest absolute Gasteiger partial charge is 0.339 e. The molecule has 9 heteroatoms. The number of hydrogen-bond acceptors (Lipinski definition) is 6. The van der Waals surface area contributed by atoms with Crippen molar-refractivity contribution in [3.05, 3.63) is 81.6 Å². The summed E-state index contributed by atoms with van der Waals surface area (Å²) >= 11 is 3.50. The van der Waals surface area contributed by atoms with E-state index in [-0.39, 0.29) is 17.5 Å². The van der Waals surface area contributed by atoms with Gasteiger partial charge in [0.2, 0.25) is 11.9 Å². The molecule has 3 heterocycles. The van der Waals surface area contributed by atoms with E-state index in [0.717, 1.165) is 53.7 Å². The van der Waals surface area contributed by atoms with Crippen molar-refractivity contribution in [3.63, 3.8) is 0 Å². The number of aromatic carboxylic acids is 1. The predicted molar refractivity (Wildman–Crippen MR) is 152 cm³/mol. The van der Waals surface area contributed by atoms with Crippen LogP contribution in [0.3, 0.4) is 0 Å². The maximum absolute atomic E-state index is 13.5. The van der Waals surface area contributed by atoms with Crippen LogP contribution < -0.4 is 9.64 Å². The van der Waals surface area contributed by atoms with E-state index in [0.29, 0.717) is 43.4 Å². The molecule has 2 aliphatic rings. The number of carbonyl (C=O) groups excluding carboxylic acids is 1. The number of rotatable bonds is 8. The van der Waals surface area contributed by atoms with Crippen LogP contribution in [0.2, 0.25) is 0 Å². The van der Waals surface area contributed by atoms with Crippen LogP contribution in [-0.4, -0.2) is 64.6 Å². The van der Waals surface area contributed by atoms with Crippen LogP contribution in [-0.2, 0) is 24.1 Å². The van der Waals surface area contributed by atoms with E-state index in [1.807, 2.05) is 53.4 Å². The first-order valence-corrected chi connectivity index (χ1v) is 14.2. The van der Waals surface area contributed by atoms with Crippen LogP contribution in [0.25, 0.3) is 0 Å². The van der Waals surface area contributed by atoms with Gasteiger partial charge in [0.05, 0.1) is 30.8 Å². The van der Waals surface area contributed by atoms with Gasteiger partial charge in [-0.25, -0.2) is 14.8 Å². The van der Waals surface area contributed by atoms with Gasteiger partial charge in [-0.05, 0) is 55.4 Å². The van der Waals surface area contributed by atoms with Crippen LogP contribution in [0, 0.1) is 5.92 Å². The molecule has 2 aromatic carbocycles. The highest BCUT2D eigenvalue weighted by molar-refractivity contribution is 9.10. The van der Waals surface area contributed by atoms with Gasteiger partial charge in [0.1, 0.15) is 5.75 Å². The SMILES string of the molecule is COc1ccccc1CC(=O)N1CCCCC2CN(c3ncc(C(=O)O)c(CCc4cccc(Br)c4)n3)CC21. The van der Waals surface area contributed by atoms with Gasteiger partial charge in [0.15, 0.2) is 0 Å². The zero-order chi connectivity index (χ0) is 27.4. The van der Waals surface area contributed by atoms with Crippen molar-refractivity contribution in [2.45, 2.75) is 44.6 Å². The topological polar surface area (TPSA) is 95.9 Å². The van der Waals surface area contributed by atoms with E-state index >= 15 is 0 Å². The third-order valence-corrected chi connectivity index (χ3v) is 8.29. The normalized spacial score (nSPS) is 18.9. The minimum absolute atomic E-state index is 0.0718. The molecule has 2 unspecified atom stereocenters. The fourth-order valence-electron chi connectivity index (χ4n) is 5.82. The van der Waals surface area contributed by atoms with Crippen molar-refractivity contribution in [2.24, 2.45) is 5.92 Å². The summed E-state index contributed by atoms with van der Waals surface area (Å²) in [6, 6.07) is 15.7. The van der Waals surface area contributed by atoms with Crippen molar-refractivity contribution < 1.29 is 19.4 Å². The molecule has 5 rings (SSSR count). The minimum Gasteiger partial charge on any atom is -0.496 e. The van der Waals surface area contributed by atoms with Gasteiger partial charge in [-0.3, -0.25) is 4.79 Å². The molecule has 0 bridgehead atoms. The molecule has 1 aromatic heterocycles. The highest BCUT2D eigenvalue weighted by Gasteiger charge is 2.40. The van der Waals surface area contributed by atoms with Gasteiger partial charge in [-0.15, -0.1) is 0 Å². The summed E-state index contributed by atoms with van der Waals surface area (Å²) in [5.74, 6) is 0.671. The van der Waals surface area contributed by atoms with Crippen molar-refractivity contribution in [3.8, 4) is 5.75 Å². The first kappa shape index (κ1) is 27.1. The predicted octanol–water partition coefficient (Wildman–Crippen LogP) is 4.79. The molecular weight excluding hydrogens is 560 g/mol. The van der Waals surface area contributed by atoms with Gasteiger partial charge >= 0.3 is 5.97 Å². The number of carboxylic acids is 1. The Labute approximate surface area is 237 Å². The number of methoxy groups -OCH3 is 1. The largest absolute Gasteiger partial charge is 0.496 e. The molecule has 2 aliphatic heterocycles. The number of fused-ring (bicyclic) bond motifs is 1. The number of aromatic nitrogens is 2. The first-order valence-electron chi connectivity index (χ1n) is 13.4. The highest BCUT2D eigenvalue weighted by Crippen LogP contribution is 2.33. The average molecular weight is 594 g/mol. The number of carbonyl (C=O) groups is 2. The third kappa shape index (κ3) is 6.24. The van der Waals surface area contributed by atoms with Crippen LogP contribution in [0.4, 0.5) is 5.95 Å². The molecule has 2 saturated heterocycles. The highest BCUT2D eigenvalue weighted by atomic mass is 79.9. The monoisotopic (exact) mass is 592 g/mol. The van der Waals surface area contributed by atoms with Crippen molar-refractivity contribution in [1.29, 1.82) is 0 Å². The Morgan fingerprint density at radius 3 is 2.74 bits per heavy atom. The number of likely N-dealkylation sites (tertiary alicyclic amines) is 1. The number of ether oxygens (including phenoxy) is 1. The Balaban J connectivity index is 1.34. The molecule has 2 fully saturated rings. The maximum Gasteiger partial charge on any atom is 0.339 e. The quantitative estimate of drug-likeness (QED) is 0.401. The summed E-state index contributed by atoms with van der Waals surface area (Å²) in [6.07, 6.45) is 6.02. The van der Waals surface area contributed by atoms with Gasteiger partial charge in [-0.1, -0.05) is 52.7 Å². The molecule has 2 atom stereocenters. The second-order valence-corrected chi connectivity index (χ2v) is 11.2. The second-order valence-electron chi connectivity index (χ2n) is 10.3. The Morgan fingerprint density at radius 2 is 1.95 bits per heavy atom. The number of anilines is 1. The van der Waals surface area contributed by atoms with Gasteiger partial charge < -0.3 is 19.6 Å². The van der Waals surface area contributed by atoms with Crippen molar-refractivity contribution in [1.82, 2.24) is 14.9 Å². The number of hydrogen-bond donors (Lipinski definition) is 1. The van der Waals surface area contributed by atoms with Gasteiger partial charge in [0.25, 0.3) is 0 Å². The molecule has 204 valence electrons. The minimum atomic E-state index is -1.02. The van der Waals surface area contributed by atoms with E-state index in [9.17, 15) is 14.7 Å². The summed E-state index contributed by atoms with van der Waals surface area (Å²) in [7, 11) is 1.63. The Kier molecular flexibility index (Phi) is 8.45. The third-order valence-electron chi connectivity index (χ3n) is 7.79. The van der Waals surface area contributed by atoms with E-state index < -0.39 is 5.97 Å². The van der Waals surface area contributed by atoms with E-state index in [4.69, 9.17) is 9.72 Å². The van der Waals surface area contributed by atoms with E-state index in [1.54, 1.807) is 7.11 Å². The number of halogens is 1. The average Bonchev–Trinajstić information content (AvgIpc) is 3.25. The molecular formula is C30H33BrN4O4. The fraction of sp³-hybridized carbons (Fsp3) is 0.400. The summed E-state index contributed by atoms with van der Waals surface area (Å²) in [4.78, 5) is 38.9. The lowest BCUT2D eigenvalue weighted by molar-refractivity contribution is -0.132. The number of para-hydroxylation sites is 1. The van der Waals surface area contributed by atoms with Crippen molar-refractivity contribution in [2.75, 3.05) is 31.6 Å². The molecule has 39 heavy (non-hydrogen) atoms. The standard InChI is InChI=1S/C30H33BrN4O4/c1-39-27-11-3-2-8-21(27)16-28(36)35-14-5-4-9-22-18-34(19-26(22)35)30-32-17-24(29(37)38)25(33-30)13-12-20-7-6-10-23(31)15-20/h2-3,6-8,10-11,15,17,22,26H,4-5,9,12-14,16,18-19H2,1H3,(H,37,38). The molecule has 3 aromatic rings. The summed E-state index contributed by atoms with van der Waals surface area (Å²) in [5, 5.41) is 9.76. The van der Waals surface area contributed by atoms with Crippen LogP contribution in [0.1, 0.15) is 46.4 Å². The van der Waals surface area contributed by atoms with Crippen LogP contribution in [0.5, 0.6) is 5.75 Å². The Bertz CT molecular complexity index is 1350. The molecule has 1 N–H and O–H groups in total. The number of amides is 1. The first-order chi connectivity index (χ1) is 18.9.